The van der Waals surface area contributed by atoms with E-state index in [2.05, 4.69) is 15.9 Å². The smallest absolute Gasteiger partial charge is 0.205 e. The molecule has 0 aromatic heterocycles. The van der Waals surface area contributed by atoms with Crippen molar-refractivity contribution in [3.8, 4) is 0 Å². The molecule has 0 radical (unpaired) electrons. The summed E-state index contributed by atoms with van der Waals surface area (Å²) in [6, 6.07) is 9.68. The van der Waals surface area contributed by atoms with Crippen molar-refractivity contribution in [1.82, 2.24) is 0 Å². The maximum atomic E-state index is 12.8. The molecule has 0 nitrogen and oxygen atoms in total. The maximum Gasteiger partial charge on any atom is 0.264 e. The van der Waals surface area contributed by atoms with Gasteiger partial charge in [-0.05, 0) is 26.7 Å². The van der Waals surface area contributed by atoms with Gasteiger partial charge < -0.3 is 0 Å². The number of fused-ring (bicyclic) bond motifs is 1. The van der Waals surface area contributed by atoms with E-state index in [9.17, 15) is 8.78 Å². The van der Waals surface area contributed by atoms with E-state index in [0.717, 1.165) is 0 Å². The Morgan fingerprint density at radius 2 is 1.59 bits per heavy atom. The van der Waals surface area contributed by atoms with E-state index in [4.69, 9.17) is 23.2 Å². The Morgan fingerprint density at radius 1 is 1.00 bits per heavy atom. The predicted molar refractivity (Wildman–Crippen MR) is 71.2 cm³/mol. The zero-order valence-electron chi connectivity index (χ0n) is 8.43. The SMILES string of the molecule is FC(F)c1cccc2c(C(Cl)(Cl)Br)cccc12. The fourth-order valence-electron chi connectivity index (χ4n) is 1.77. The predicted octanol–water partition coefficient (Wildman–Crippen LogP) is 5.76. The summed E-state index contributed by atoms with van der Waals surface area (Å²) in [6.45, 7) is 0. The lowest BCUT2D eigenvalue weighted by Crippen LogP contribution is -2.01. The van der Waals surface area contributed by atoms with Gasteiger partial charge in [-0.3, -0.25) is 0 Å². The van der Waals surface area contributed by atoms with Gasteiger partial charge in [-0.15, -0.1) is 0 Å². The van der Waals surface area contributed by atoms with Crippen LogP contribution in [0.25, 0.3) is 10.8 Å². The lowest BCUT2D eigenvalue weighted by atomic mass is 10.0. The lowest BCUT2D eigenvalue weighted by Gasteiger charge is -2.16. The quantitative estimate of drug-likeness (QED) is 0.610. The second-order valence-electron chi connectivity index (χ2n) is 3.55. The average Bonchev–Trinajstić information content (AvgIpc) is 2.26. The minimum absolute atomic E-state index is 0.0190. The number of rotatable bonds is 2. The normalized spacial score (nSPS) is 12.4. The van der Waals surface area contributed by atoms with E-state index < -0.39 is 9.67 Å². The van der Waals surface area contributed by atoms with Gasteiger partial charge in [-0.2, -0.15) is 0 Å². The summed E-state index contributed by atoms with van der Waals surface area (Å²) in [7, 11) is 0. The first-order chi connectivity index (χ1) is 7.91. The minimum Gasteiger partial charge on any atom is -0.205 e. The van der Waals surface area contributed by atoms with Crippen LogP contribution in [0.5, 0.6) is 0 Å². The zero-order chi connectivity index (χ0) is 12.6. The first-order valence-electron chi connectivity index (χ1n) is 4.78. The highest BCUT2D eigenvalue weighted by molar-refractivity contribution is 9.10. The van der Waals surface area contributed by atoms with Crippen LogP contribution in [0.15, 0.2) is 36.4 Å². The van der Waals surface area contributed by atoms with Gasteiger partial charge in [0.15, 0.2) is 3.24 Å². The average molecular weight is 340 g/mol. The molecule has 0 aliphatic rings. The van der Waals surface area contributed by atoms with Crippen LogP contribution < -0.4 is 0 Å². The lowest BCUT2D eigenvalue weighted by molar-refractivity contribution is 0.153. The molecule has 0 fully saturated rings. The molecule has 0 aliphatic carbocycles. The van der Waals surface area contributed by atoms with E-state index in [1.165, 1.54) is 6.07 Å². The Hall–Kier alpha value is -0.380. The van der Waals surface area contributed by atoms with E-state index in [1.807, 2.05) is 0 Å². The molecule has 17 heavy (non-hydrogen) atoms. The van der Waals surface area contributed by atoms with Crippen molar-refractivity contribution in [3.63, 3.8) is 0 Å². The summed E-state index contributed by atoms with van der Waals surface area (Å²) in [5.41, 5.74) is 0.537. The Kier molecular flexibility index (Phi) is 3.62. The van der Waals surface area contributed by atoms with Crippen molar-refractivity contribution in [2.24, 2.45) is 0 Å². The molecular formula is C12H7BrCl2F2. The van der Waals surface area contributed by atoms with Crippen LogP contribution in [-0.2, 0) is 3.24 Å². The highest BCUT2D eigenvalue weighted by Gasteiger charge is 2.25. The number of hydrogen-bond acceptors (Lipinski definition) is 0. The van der Waals surface area contributed by atoms with Crippen molar-refractivity contribution < 1.29 is 8.78 Å². The second-order valence-corrected chi connectivity index (χ2v) is 6.98. The fraction of sp³-hybridized carbons (Fsp3) is 0.167. The van der Waals surface area contributed by atoms with Gasteiger partial charge in [0.1, 0.15) is 0 Å². The van der Waals surface area contributed by atoms with E-state index in [-0.39, 0.29) is 5.56 Å². The summed E-state index contributed by atoms with van der Waals surface area (Å²) < 4.78 is 24.4. The molecule has 0 N–H and O–H groups in total. The molecule has 0 aliphatic heterocycles. The first-order valence-corrected chi connectivity index (χ1v) is 6.33. The van der Waals surface area contributed by atoms with Gasteiger partial charge in [0.05, 0.1) is 0 Å². The van der Waals surface area contributed by atoms with Crippen LogP contribution in [0.4, 0.5) is 8.78 Å². The number of alkyl halides is 5. The van der Waals surface area contributed by atoms with E-state index >= 15 is 0 Å². The molecule has 0 spiro atoms. The third-order valence-electron chi connectivity index (χ3n) is 2.50. The zero-order valence-corrected chi connectivity index (χ0v) is 11.5. The van der Waals surface area contributed by atoms with Gasteiger partial charge in [-0.1, -0.05) is 59.6 Å². The molecule has 90 valence electrons. The van der Waals surface area contributed by atoms with Crippen molar-refractivity contribution in [2.75, 3.05) is 0 Å². The molecule has 0 saturated heterocycles. The van der Waals surface area contributed by atoms with Crippen molar-refractivity contribution in [3.05, 3.63) is 47.5 Å². The standard InChI is InChI=1S/C12H7BrCl2F2/c13-12(14,15)10-6-2-3-7-8(10)4-1-5-9(7)11(16)17/h1-6,11H. The Balaban J connectivity index is 2.79. The number of hydrogen-bond donors (Lipinski definition) is 0. The fourth-order valence-corrected chi connectivity index (χ4v) is 2.45. The highest BCUT2D eigenvalue weighted by atomic mass is 79.9. The van der Waals surface area contributed by atoms with Gasteiger partial charge in [0.25, 0.3) is 6.43 Å². The van der Waals surface area contributed by atoms with E-state index in [1.54, 1.807) is 30.3 Å². The molecule has 2 rings (SSSR count). The van der Waals surface area contributed by atoms with Gasteiger partial charge >= 0.3 is 0 Å². The molecule has 0 heterocycles. The molecule has 5 heteroatoms. The Labute approximate surface area is 116 Å². The highest BCUT2D eigenvalue weighted by Crippen LogP contribution is 2.44. The maximum absolute atomic E-state index is 12.8. The first kappa shape index (κ1) is 13.1. The van der Waals surface area contributed by atoms with Gasteiger partial charge in [-0.25, -0.2) is 8.78 Å². The van der Waals surface area contributed by atoms with Crippen LogP contribution in [0.3, 0.4) is 0 Å². The van der Waals surface area contributed by atoms with Gasteiger partial charge in [0.2, 0.25) is 0 Å². The monoisotopic (exact) mass is 338 g/mol. The molecule has 2 aromatic rings. The van der Waals surface area contributed by atoms with Crippen molar-refractivity contribution in [2.45, 2.75) is 9.67 Å². The molecule has 0 bridgehead atoms. The summed E-state index contributed by atoms with van der Waals surface area (Å²) >= 11 is 15.0. The summed E-state index contributed by atoms with van der Waals surface area (Å²) in [4.78, 5) is 0. The summed E-state index contributed by atoms with van der Waals surface area (Å²) in [6.07, 6.45) is -2.52. The molecule has 0 atom stereocenters. The Morgan fingerprint density at radius 3 is 2.18 bits per heavy atom. The topological polar surface area (TPSA) is 0 Å². The van der Waals surface area contributed by atoms with Crippen molar-refractivity contribution in [1.29, 1.82) is 0 Å². The van der Waals surface area contributed by atoms with Crippen LogP contribution in [-0.4, -0.2) is 0 Å². The number of benzene rings is 2. The van der Waals surface area contributed by atoms with Crippen LogP contribution in [0, 0.1) is 0 Å². The van der Waals surface area contributed by atoms with E-state index in [0.29, 0.717) is 16.3 Å². The van der Waals surface area contributed by atoms with Gasteiger partial charge in [0, 0.05) is 11.1 Å². The molecule has 2 aromatic carbocycles. The largest absolute Gasteiger partial charge is 0.264 e. The van der Waals surface area contributed by atoms with Crippen LogP contribution in [0.2, 0.25) is 0 Å². The van der Waals surface area contributed by atoms with Crippen LogP contribution in [0.1, 0.15) is 17.6 Å². The third kappa shape index (κ3) is 2.56. The molecule has 0 amide bonds. The second kappa shape index (κ2) is 4.71. The van der Waals surface area contributed by atoms with Crippen LogP contribution >= 0.6 is 39.1 Å². The summed E-state index contributed by atoms with van der Waals surface area (Å²) in [5.74, 6) is 0. The Bertz CT molecular complexity index is 550. The molecule has 0 saturated carbocycles. The molecule has 0 unspecified atom stereocenters. The molecular weight excluding hydrogens is 333 g/mol. The number of halogens is 5. The van der Waals surface area contributed by atoms with Crippen molar-refractivity contribution >= 4 is 49.9 Å². The minimum atomic E-state index is -2.52. The summed E-state index contributed by atoms with van der Waals surface area (Å²) in [5, 5.41) is 1.08. The third-order valence-corrected chi connectivity index (χ3v) is 3.33.